The van der Waals surface area contributed by atoms with Gasteiger partial charge in [0.15, 0.2) is 0 Å². The average Bonchev–Trinajstić information content (AvgIpc) is 2.60. The van der Waals surface area contributed by atoms with E-state index in [0.29, 0.717) is 15.7 Å². The molecular weight excluding hydrogens is 428 g/mol. The van der Waals surface area contributed by atoms with Crippen LogP contribution >= 0.6 is 27.7 Å². The van der Waals surface area contributed by atoms with Gasteiger partial charge in [-0.15, -0.1) is 11.8 Å². The lowest BCUT2D eigenvalue weighted by molar-refractivity contribution is -0.143. The van der Waals surface area contributed by atoms with Crippen LogP contribution in [-0.2, 0) is 20.9 Å². The number of rotatable bonds is 7. The van der Waals surface area contributed by atoms with Gasteiger partial charge < -0.3 is 10.1 Å². The Morgan fingerprint density at radius 2 is 1.81 bits per heavy atom. The molecule has 1 atom stereocenters. The van der Waals surface area contributed by atoms with Crippen molar-refractivity contribution in [1.82, 2.24) is 0 Å². The summed E-state index contributed by atoms with van der Waals surface area (Å²) in [6.07, 6.45) is 0. The molecule has 2 aromatic carbocycles. The van der Waals surface area contributed by atoms with Gasteiger partial charge in [0.2, 0.25) is 5.91 Å². The maximum absolute atomic E-state index is 13.0. The zero-order valence-corrected chi connectivity index (χ0v) is 16.2. The van der Waals surface area contributed by atoms with E-state index in [2.05, 4.69) is 21.2 Å². The number of benzene rings is 2. The first-order valence-electron chi connectivity index (χ1n) is 7.62. The van der Waals surface area contributed by atoms with Crippen LogP contribution in [0.3, 0.4) is 0 Å². The minimum absolute atomic E-state index is 0.00632. The van der Waals surface area contributed by atoms with E-state index >= 15 is 0 Å². The van der Waals surface area contributed by atoms with E-state index in [9.17, 15) is 18.4 Å². The smallest absolute Gasteiger partial charge is 0.319 e. The predicted octanol–water partition coefficient (Wildman–Crippen LogP) is 4.53. The second kappa shape index (κ2) is 9.68. The molecule has 1 N–H and O–H groups in total. The molecule has 0 spiro atoms. The summed E-state index contributed by atoms with van der Waals surface area (Å²) in [6, 6.07) is 9.51. The molecule has 8 heteroatoms. The molecule has 1 amide bonds. The van der Waals surface area contributed by atoms with Crippen LogP contribution in [-0.4, -0.2) is 22.9 Å². The van der Waals surface area contributed by atoms with Crippen molar-refractivity contribution >= 4 is 45.3 Å². The summed E-state index contributed by atoms with van der Waals surface area (Å²) in [5, 5.41) is 2.07. The molecule has 0 radical (unpaired) electrons. The number of carbonyl (C=O) groups excluding carboxylic acids is 2. The Balaban J connectivity index is 1.75. The van der Waals surface area contributed by atoms with Crippen molar-refractivity contribution in [1.29, 1.82) is 0 Å². The van der Waals surface area contributed by atoms with Gasteiger partial charge in [-0.2, -0.15) is 0 Å². The van der Waals surface area contributed by atoms with Crippen LogP contribution < -0.4 is 5.32 Å². The number of hydrogen-bond donors (Lipinski definition) is 1. The van der Waals surface area contributed by atoms with Crippen molar-refractivity contribution in [2.24, 2.45) is 0 Å². The highest BCUT2D eigenvalue weighted by atomic mass is 79.9. The zero-order chi connectivity index (χ0) is 19.1. The van der Waals surface area contributed by atoms with E-state index in [1.165, 1.54) is 42.5 Å². The van der Waals surface area contributed by atoms with Gasteiger partial charge in [0.1, 0.15) is 23.5 Å². The quantitative estimate of drug-likeness (QED) is 0.638. The molecule has 0 saturated heterocycles. The zero-order valence-electron chi connectivity index (χ0n) is 13.8. The van der Waals surface area contributed by atoms with Crippen molar-refractivity contribution in [2.45, 2.75) is 18.8 Å². The Hall–Kier alpha value is -1.93. The van der Waals surface area contributed by atoms with Crippen LogP contribution in [0.4, 0.5) is 14.5 Å². The van der Waals surface area contributed by atoms with Crippen molar-refractivity contribution in [3.63, 3.8) is 0 Å². The lowest BCUT2D eigenvalue weighted by Gasteiger charge is -2.12. The fraction of sp³-hybridized carbons (Fsp3) is 0.222. The summed E-state index contributed by atoms with van der Waals surface area (Å²) < 4.78 is 31.6. The summed E-state index contributed by atoms with van der Waals surface area (Å²) >= 11 is 4.33. The molecule has 0 fully saturated rings. The van der Waals surface area contributed by atoms with E-state index in [1.807, 2.05) is 0 Å². The Kier molecular flexibility index (Phi) is 7.59. The number of carbonyl (C=O) groups is 2. The number of hydrogen-bond acceptors (Lipinski definition) is 4. The second-order valence-corrected chi connectivity index (χ2v) is 7.54. The fourth-order valence-electron chi connectivity index (χ4n) is 1.90. The molecule has 0 aliphatic rings. The largest absolute Gasteiger partial charge is 0.460 e. The minimum Gasteiger partial charge on any atom is -0.460 e. The highest BCUT2D eigenvalue weighted by molar-refractivity contribution is 9.10. The maximum Gasteiger partial charge on any atom is 0.319 e. The molecule has 2 rings (SSSR count). The van der Waals surface area contributed by atoms with Gasteiger partial charge >= 0.3 is 5.97 Å². The third-order valence-electron chi connectivity index (χ3n) is 3.31. The summed E-state index contributed by atoms with van der Waals surface area (Å²) in [5.41, 5.74) is 1.12. The molecule has 0 aromatic heterocycles. The van der Waals surface area contributed by atoms with Crippen LogP contribution in [0.5, 0.6) is 0 Å². The summed E-state index contributed by atoms with van der Waals surface area (Å²) in [4.78, 5) is 23.9. The maximum atomic E-state index is 13.0. The van der Waals surface area contributed by atoms with E-state index in [0.717, 1.165) is 11.8 Å². The number of esters is 1. The number of halogens is 3. The monoisotopic (exact) mass is 443 g/mol. The average molecular weight is 444 g/mol. The number of nitrogens with one attached hydrogen (secondary N) is 1. The first kappa shape index (κ1) is 20.4. The van der Waals surface area contributed by atoms with Gasteiger partial charge in [-0.05, 0) is 43.3 Å². The summed E-state index contributed by atoms with van der Waals surface area (Å²) in [7, 11) is 0. The topological polar surface area (TPSA) is 55.4 Å². The normalized spacial score (nSPS) is 11.7. The number of amides is 1. The van der Waals surface area contributed by atoms with E-state index in [-0.39, 0.29) is 29.9 Å². The molecule has 0 saturated carbocycles. The van der Waals surface area contributed by atoms with Gasteiger partial charge in [-0.3, -0.25) is 9.59 Å². The molecule has 0 aliphatic heterocycles. The van der Waals surface area contributed by atoms with Crippen molar-refractivity contribution in [2.75, 3.05) is 11.1 Å². The van der Waals surface area contributed by atoms with Crippen LogP contribution in [0.15, 0.2) is 46.9 Å². The Morgan fingerprint density at radius 1 is 1.15 bits per heavy atom. The second-order valence-electron chi connectivity index (χ2n) is 5.35. The van der Waals surface area contributed by atoms with Crippen molar-refractivity contribution in [3.05, 3.63) is 64.1 Å². The van der Waals surface area contributed by atoms with Crippen LogP contribution in [0.2, 0.25) is 0 Å². The standard InChI is InChI=1S/C18H16BrF2NO3S/c1-11(18(24)25-9-12-2-3-14(21)8-16(12)19)26-10-17(23)22-15-6-4-13(20)5-7-15/h2-8,11H,9-10H2,1H3,(H,22,23). The van der Waals surface area contributed by atoms with Crippen molar-refractivity contribution in [3.8, 4) is 0 Å². The van der Waals surface area contributed by atoms with E-state index in [4.69, 9.17) is 4.74 Å². The highest BCUT2D eigenvalue weighted by Gasteiger charge is 2.17. The van der Waals surface area contributed by atoms with Gasteiger partial charge in [0, 0.05) is 15.7 Å². The lowest BCUT2D eigenvalue weighted by Crippen LogP contribution is -2.21. The molecule has 138 valence electrons. The molecule has 4 nitrogen and oxygen atoms in total. The first-order chi connectivity index (χ1) is 12.3. The molecule has 1 unspecified atom stereocenters. The predicted molar refractivity (Wildman–Crippen MR) is 101 cm³/mol. The minimum atomic E-state index is -0.548. The van der Waals surface area contributed by atoms with Gasteiger partial charge in [-0.1, -0.05) is 22.0 Å². The Morgan fingerprint density at radius 3 is 2.46 bits per heavy atom. The van der Waals surface area contributed by atoms with Crippen LogP contribution in [0, 0.1) is 11.6 Å². The molecule has 26 heavy (non-hydrogen) atoms. The SMILES string of the molecule is CC(SCC(=O)Nc1ccc(F)cc1)C(=O)OCc1ccc(F)cc1Br. The Labute approximate surface area is 162 Å². The molecule has 0 heterocycles. The van der Waals surface area contributed by atoms with Crippen molar-refractivity contribution < 1.29 is 23.1 Å². The van der Waals surface area contributed by atoms with Crippen LogP contribution in [0.1, 0.15) is 12.5 Å². The van der Waals surface area contributed by atoms with Gasteiger partial charge in [0.05, 0.1) is 5.75 Å². The lowest BCUT2D eigenvalue weighted by atomic mass is 10.2. The third kappa shape index (κ3) is 6.42. The Bertz CT molecular complexity index is 787. The molecule has 0 aliphatic carbocycles. The van der Waals surface area contributed by atoms with Crippen LogP contribution in [0.25, 0.3) is 0 Å². The number of ether oxygens (including phenoxy) is 1. The third-order valence-corrected chi connectivity index (χ3v) is 5.17. The molecule has 0 bridgehead atoms. The highest BCUT2D eigenvalue weighted by Crippen LogP contribution is 2.20. The first-order valence-corrected chi connectivity index (χ1v) is 9.47. The van der Waals surface area contributed by atoms with E-state index < -0.39 is 11.2 Å². The summed E-state index contributed by atoms with van der Waals surface area (Å²) in [5.74, 6) is -1.50. The number of thioether (sulfide) groups is 1. The van der Waals surface area contributed by atoms with E-state index in [1.54, 1.807) is 6.92 Å². The number of anilines is 1. The fourth-order valence-corrected chi connectivity index (χ4v) is 3.05. The van der Waals surface area contributed by atoms with Gasteiger partial charge in [0.25, 0.3) is 0 Å². The molecular formula is C18H16BrF2NO3S. The molecule has 2 aromatic rings. The summed E-state index contributed by atoms with van der Waals surface area (Å²) in [6.45, 7) is 1.64. The van der Waals surface area contributed by atoms with Gasteiger partial charge in [-0.25, -0.2) is 8.78 Å².